The van der Waals surface area contributed by atoms with Crippen molar-refractivity contribution < 1.29 is 8.83 Å². The van der Waals surface area contributed by atoms with Crippen LogP contribution in [0.25, 0.3) is 43.8 Å². The quantitative estimate of drug-likeness (QED) is 0.334. The summed E-state index contributed by atoms with van der Waals surface area (Å²) in [5.74, 6) is 0. The van der Waals surface area contributed by atoms with Crippen molar-refractivity contribution in [2.75, 3.05) is 0 Å². The van der Waals surface area contributed by atoms with E-state index in [-0.39, 0.29) is 5.63 Å². The predicted molar refractivity (Wildman–Crippen MR) is 112 cm³/mol. The van der Waals surface area contributed by atoms with Crippen molar-refractivity contribution >= 4 is 32.7 Å². The van der Waals surface area contributed by atoms with Gasteiger partial charge in [-0.3, -0.25) is 0 Å². The van der Waals surface area contributed by atoms with Crippen molar-refractivity contribution in [1.82, 2.24) is 0 Å². The van der Waals surface area contributed by atoms with Crippen LogP contribution in [0.3, 0.4) is 0 Å². The van der Waals surface area contributed by atoms with Gasteiger partial charge in [0.05, 0.1) is 6.26 Å². The molecule has 0 aliphatic heterocycles. The van der Waals surface area contributed by atoms with E-state index in [1.54, 1.807) is 0 Å². The third kappa shape index (κ3) is 2.07. The molecule has 0 amide bonds. The van der Waals surface area contributed by atoms with E-state index in [1.165, 1.54) is 10.8 Å². The van der Waals surface area contributed by atoms with Crippen molar-refractivity contribution in [3.05, 3.63) is 81.9 Å². The largest absolute Gasteiger partial charge is 0.463 e. The van der Waals surface area contributed by atoms with Crippen molar-refractivity contribution in [2.45, 2.75) is 26.2 Å². The number of aryl methyl sites for hydroxylation is 2. The Balaban J connectivity index is 1.68. The number of hydrogen-bond donors (Lipinski definition) is 0. The fourth-order valence-corrected chi connectivity index (χ4v) is 4.67. The van der Waals surface area contributed by atoms with Crippen molar-refractivity contribution in [3.63, 3.8) is 0 Å². The van der Waals surface area contributed by atoms with Crippen LogP contribution in [-0.4, -0.2) is 0 Å². The molecule has 0 saturated heterocycles. The lowest BCUT2D eigenvalue weighted by molar-refractivity contribution is 0.548. The van der Waals surface area contributed by atoms with Gasteiger partial charge in [0.1, 0.15) is 11.2 Å². The van der Waals surface area contributed by atoms with E-state index in [0.29, 0.717) is 5.58 Å². The monoisotopic (exact) mass is 366 g/mol. The Morgan fingerprint density at radius 1 is 0.857 bits per heavy atom. The van der Waals surface area contributed by atoms with Crippen LogP contribution in [0.4, 0.5) is 0 Å². The number of rotatable bonds is 1. The summed E-state index contributed by atoms with van der Waals surface area (Å²) in [6, 6.07) is 17.0. The molecule has 3 aromatic carbocycles. The molecular formula is C25H18O3. The first-order valence-electron chi connectivity index (χ1n) is 9.69. The molecule has 0 radical (unpaired) electrons. The van der Waals surface area contributed by atoms with Crippen LogP contribution in [0.5, 0.6) is 0 Å². The van der Waals surface area contributed by atoms with E-state index in [2.05, 4.69) is 48.5 Å². The van der Waals surface area contributed by atoms with Gasteiger partial charge in [-0.25, -0.2) is 4.79 Å². The van der Waals surface area contributed by atoms with E-state index in [4.69, 9.17) is 8.83 Å². The van der Waals surface area contributed by atoms with Gasteiger partial charge < -0.3 is 8.83 Å². The molecule has 0 saturated carbocycles. The summed E-state index contributed by atoms with van der Waals surface area (Å²) in [4.78, 5) is 12.4. The second-order valence-electron chi connectivity index (χ2n) is 7.67. The molecule has 28 heavy (non-hydrogen) atoms. The predicted octanol–water partition coefficient (Wildman–Crippen LogP) is 6.16. The topological polar surface area (TPSA) is 43.4 Å². The lowest BCUT2D eigenvalue weighted by Gasteiger charge is -2.08. The highest BCUT2D eigenvalue weighted by Crippen LogP contribution is 2.39. The molecule has 0 bridgehead atoms. The Morgan fingerprint density at radius 3 is 2.57 bits per heavy atom. The van der Waals surface area contributed by atoms with Crippen LogP contribution >= 0.6 is 0 Å². The number of hydrogen-bond acceptors (Lipinski definition) is 3. The van der Waals surface area contributed by atoms with Gasteiger partial charge in [0.25, 0.3) is 0 Å². The first-order chi connectivity index (χ1) is 13.7. The zero-order chi connectivity index (χ0) is 18.8. The van der Waals surface area contributed by atoms with Gasteiger partial charge in [-0.2, -0.15) is 0 Å². The van der Waals surface area contributed by atoms with Crippen LogP contribution < -0.4 is 5.63 Å². The summed E-state index contributed by atoms with van der Waals surface area (Å²) in [5, 5.41) is 4.56. The Morgan fingerprint density at radius 2 is 1.68 bits per heavy atom. The lowest BCUT2D eigenvalue weighted by Crippen LogP contribution is -2.07. The first-order valence-corrected chi connectivity index (χ1v) is 9.69. The molecule has 3 nitrogen and oxygen atoms in total. The van der Waals surface area contributed by atoms with E-state index in [9.17, 15) is 4.79 Å². The molecule has 1 aliphatic carbocycles. The summed E-state index contributed by atoms with van der Waals surface area (Å²) in [7, 11) is 0. The maximum Gasteiger partial charge on any atom is 0.339 e. The first kappa shape index (κ1) is 15.7. The van der Waals surface area contributed by atoms with Crippen LogP contribution in [0.2, 0.25) is 0 Å². The Hall–Kier alpha value is -3.33. The second kappa shape index (κ2) is 5.59. The zero-order valence-corrected chi connectivity index (χ0v) is 15.5. The van der Waals surface area contributed by atoms with Gasteiger partial charge in [-0.1, -0.05) is 36.4 Å². The summed E-state index contributed by atoms with van der Waals surface area (Å²) in [6.07, 6.45) is 4.58. The SMILES string of the molecule is Cc1c2occ(-c3ccc4ccccc4c3)c2cc2c3c(c(=O)oc12)CCC3. The smallest absolute Gasteiger partial charge is 0.339 e. The van der Waals surface area contributed by atoms with E-state index in [1.807, 2.05) is 13.2 Å². The van der Waals surface area contributed by atoms with Gasteiger partial charge in [-0.05, 0) is 60.2 Å². The summed E-state index contributed by atoms with van der Waals surface area (Å²) in [6.45, 7) is 1.97. The number of furan rings is 1. The molecule has 6 rings (SSSR count). The minimum Gasteiger partial charge on any atom is -0.463 e. The Labute approximate surface area is 161 Å². The van der Waals surface area contributed by atoms with Crippen LogP contribution in [-0.2, 0) is 12.8 Å². The van der Waals surface area contributed by atoms with Gasteiger partial charge in [-0.15, -0.1) is 0 Å². The Bertz CT molecular complexity index is 1470. The highest BCUT2D eigenvalue weighted by Gasteiger charge is 2.23. The van der Waals surface area contributed by atoms with Crippen molar-refractivity contribution in [3.8, 4) is 11.1 Å². The van der Waals surface area contributed by atoms with E-state index in [0.717, 1.165) is 63.4 Å². The molecule has 5 aromatic rings. The molecular weight excluding hydrogens is 348 g/mol. The molecule has 0 unspecified atom stereocenters. The standard InChI is InChI=1S/C25H18O3/c1-14-23-21(12-20-18-7-4-8-19(18)25(26)28-24(14)20)22(13-27-23)17-10-9-15-5-2-3-6-16(15)11-17/h2-3,5-6,9-13H,4,7-8H2,1H3. The maximum absolute atomic E-state index is 12.4. The molecule has 0 N–H and O–H groups in total. The maximum atomic E-state index is 12.4. The van der Waals surface area contributed by atoms with Gasteiger partial charge >= 0.3 is 5.63 Å². The summed E-state index contributed by atoms with van der Waals surface area (Å²) in [5.41, 5.74) is 6.36. The van der Waals surface area contributed by atoms with Crippen LogP contribution in [0.15, 0.2) is 68.4 Å². The highest BCUT2D eigenvalue weighted by atomic mass is 16.4. The van der Waals surface area contributed by atoms with Crippen LogP contribution in [0.1, 0.15) is 23.1 Å². The molecule has 3 heteroatoms. The van der Waals surface area contributed by atoms with Crippen molar-refractivity contribution in [1.29, 1.82) is 0 Å². The molecule has 0 spiro atoms. The molecule has 2 heterocycles. The Kier molecular flexibility index (Phi) is 3.13. The lowest BCUT2D eigenvalue weighted by atomic mass is 9.97. The van der Waals surface area contributed by atoms with Gasteiger partial charge in [0, 0.05) is 27.5 Å². The van der Waals surface area contributed by atoms with Gasteiger partial charge in [0.15, 0.2) is 0 Å². The molecule has 2 aromatic heterocycles. The zero-order valence-electron chi connectivity index (χ0n) is 15.5. The minimum absolute atomic E-state index is 0.191. The van der Waals surface area contributed by atoms with Gasteiger partial charge in [0.2, 0.25) is 0 Å². The third-order valence-corrected chi connectivity index (χ3v) is 6.09. The minimum atomic E-state index is -0.191. The van der Waals surface area contributed by atoms with E-state index >= 15 is 0 Å². The summed E-state index contributed by atoms with van der Waals surface area (Å²) >= 11 is 0. The average molecular weight is 366 g/mol. The molecule has 0 atom stereocenters. The third-order valence-electron chi connectivity index (χ3n) is 6.09. The van der Waals surface area contributed by atoms with Crippen molar-refractivity contribution in [2.24, 2.45) is 0 Å². The fraction of sp³-hybridized carbons (Fsp3) is 0.160. The molecule has 0 fully saturated rings. The number of benzene rings is 3. The summed E-state index contributed by atoms with van der Waals surface area (Å²) < 4.78 is 11.7. The normalized spacial score (nSPS) is 13.6. The highest BCUT2D eigenvalue weighted by molar-refractivity contribution is 6.05. The van der Waals surface area contributed by atoms with Crippen LogP contribution in [0, 0.1) is 6.92 Å². The second-order valence-corrected chi connectivity index (χ2v) is 7.67. The molecule has 136 valence electrons. The van der Waals surface area contributed by atoms with E-state index < -0.39 is 0 Å². The average Bonchev–Trinajstić information content (AvgIpc) is 3.37. The fourth-order valence-electron chi connectivity index (χ4n) is 4.67. The number of fused-ring (bicyclic) bond motifs is 5. The molecule has 1 aliphatic rings.